The summed E-state index contributed by atoms with van der Waals surface area (Å²) in [4.78, 5) is 0. The Balaban J connectivity index is 2.50. The normalized spacial score (nSPS) is 27.6. The molecule has 5 nitrogen and oxygen atoms in total. The number of ether oxygens (including phenoxy) is 1. The number of nitrogens with two attached hydrogens (primary N) is 1. The highest BCUT2D eigenvalue weighted by Crippen LogP contribution is 2.17. The molecule has 1 aliphatic carbocycles. The van der Waals surface area contributed by atoms with Crippen LogP contribution in [0.15, 0.2) is 0 Å². The van der Waals surface area contributed by atoms with Gasteiger partial charge in [-0.2, -0.15) is 0 Å². The molecule has 96 valence electrons. The van der Waals surface area contributed by atoms with Gasteiger partial charge in [0.25, 0.3) is 0 Å². The van der Waals surface area contributed by atoms with E-state index in [2.05, 4.69) is 4.72 Å². The van der Waals surface area contributed by atoms with Gasteiger partial charge in [0.2, 0.25) is 10.0 Å². The van der Waals surface area contributed by atoms with Crippen molar-refractivity contribution in [1.82, 2.24) is 4.72 Å². The van der Waals surface area contributed by atoms with E-state index in [4.69, 9.17) is 10.5 Å². The van der Waals surface area contributed by atoms with Gasteiger partial charge in [0, 0.05) is 19.2 Å². The van der Waals surface area contributed by atoms with Gasteiger partial charge in [0.05, 0.1) is 12.4 Å². The van der Waals surface area contributed by atoms with Crippen LogP contribution in [-0.4, -0.2) is 40.0 Å². The summed E-state index contributed by atoms with van der Waals surface area (Å²) in [5.41, 5.74) is 5.96. The van der Waals surface area contributed by atoms with Crippen LogP contribution in [0.5, 0.6) is 0 Å². The first kappa shape index (κ1) is 13.9. The van der Waals surface area contributed by atoms with Crippen LogP contribution in [0.1, 0.15) is 32.1 Å². The monoisotopic (exact) mass is 250 g/mol. The van der Waals surface area contributed by atoms with Crippen LogP contribution in [0, 0.1) is 0 Å². The number of nitrogens with one attached hydrogen (secondary N) is 1. The molecule has 0 aromatic carbocycles. The Kier molecular flexibility index (Phi) is 5.68. The summed E-state index contributed by atoms with van der Waals surface area (Å²) >= 11 is 0. The van der Waals surface area contributed by atoms with Gasteiger partial charge in [-0.25, -0.2) is 13.1 Å². The fraction of sp³-hybridized carbons (Fsp3) is 1.00. The molecule has 16 heavy (non-hydrogen) atoms. The van der Waals surface area contributed by atoms with Crippen LogP contribution in [0.2, 0.25) is 0 Å². The predicted molar refractivity (Wildman–Crippen MR) is 63.6 cm³/mol. The predicted octanol–water partition coefficient (Wildman–Crippen LogP) is 0.212. The highest BCUT2D eigenvalue weighted by atomic mass is 32.2. The lowest BCUT2D eigenvalue weighted by Crippen LogP contribution is -2.47. The molecule has 0 saturated heterocycles. The topological polar surface area (TPSA) is 81.4 Å². The highest BCUT2D eigenvalue weighted by Gasteiger charge is 2.24. The molecule has 0 bridgehead atoms. The number of hydrogen-bond acceptors (Lipinski definition) is 4. The van der Waals surface area contributed by atoms with E-state index in [0.717, 1.165) is 32.1 Å². The maximum Gasteiger partial charge on any atom is 0.214 e. The first-order chi connectivity index (χ1) is 7.55. The van der Waals surface area contributed by atoms with Crippen LogP contribution < -0.4 is 10.5 Å². The van der Waals surface area contributed by atoms with Gasteiger partial charge in [-0.1, -0.05) is 19.3 Å². The van der Waals surface area contributed by atoms with Gasteiger partial charge in [-0.3, -0.25) is 0 Å². The highest BCUT2D eigenvalue weighted by molar-refractivity contribution is 7.89. The van der Waals surface area contributed by atoms with Gasteiger partial charge in [0.15, 0.2) is 0 Å². The van der Waals surface area contributed by atoms with Crippen molar-refractivity contribution in [1.29, 1.82) is 0 Å². The smallest absolute Gasteiger partial charge is 0.214 e. The maximum atomic E-state index is 11.7. The van der Waals surface area contributed by atoms with Crippen LogP contribution in [0.4, 0.5) is 0 Å². The van der Waals surface area contributed by atoms with Crippen molar-refractivity contribution in [2.75, 3.05) is 19.5 Å². The molecule has 2 atom stereocenters. The Labute approximate surface area is 97.8 Å². The molecule has 0 spiro atoms. The van der Waals surface area contributed by atoms with E-state index in [1.165, 1.54) is 7.11 Å². The molecule has 1 saturated carbocycles. The number of methoxy groups -OCH3 is 1. The van der Waals surface area contributed by atoms with E-state index in [1.807, 2.05) is 0 Å². The summed E-state index contributed by atoms with van der Waals surface area (Å²) in [6, 6.07) is -0.163. The molecular formula is C10H22N2O3S. The molecule has 0 aromatic rings. The number of hydrogen-bond donors (Lipinski definition) is 2. The minimum Gasteiger partial charge on any atom is -0.384 e. The summed E-state index contributed by atoms with van der Waals surface area (Å²) in [5.74, 6) is 0.00667. The van der Waals surface area contributed by atoms with E-state index in [9.17, 15) is 8.42 Å². The van der Waals surface area contributed by atoms with Crippen molar-refractivity contribution in [2.45, 2.75) is 44.2 Å². The van der Waals surface area contributed by atoms with E-state index in [-0.39, 0.29) is 24.4 Å². The summed E-state index contributed by atoms with van der Waals surface area (Å²) in [5, 5.41) is 0. The molecule has 0 amide bonds. The second-order valence-electron chi connectivity index (χ2n) is 4.34. The first-order valence-electron chi connectivity index (χ1n) is 5.79. The van der Waals surface area contributed by atoms with Gasteiger partial charge < -0.3 is 10.5 Å². The largest absolute Gasteiger partial charge is 0.384 e. The first-order valence-corrected chi connectivity index (χ1v) is 7.45. The Hall–Kier alpha value is -0.170. The quantitative estimate of drug-likeness (QED) is 0.684. The van der Waals surface area contributed by atoms with E-state index < -0.39 is 10.0 Å². The Morgan fingerprint density at radius 1 is 1.31 bits per heavy atom. The second-order valence-corrected chi connectivity index (χ2v) is 6.21. The number of sulfonamides is 1. The van der Waals surface area contributed by atoms with Crippen molar-refractivity contribution < 1.29 is 13.2 Å². The molecule has 1 fully saturated rings. The van der Waals surface area contributed by atoms with E-state index in [1.54, 1.807) is 0 Å². The zero-order valence-electron chi connectivity index (χ0n) is 9.81. The molecule has 2 unspecified atom stereocenters. The zero-order valence-corrected chi connectivity index (χ0v) is 10.6. The van der Waals surface area contributed by atoms with Gasteiger partial charge in [-0.05, 0) is 12.8 Å². The average Bonchev–Trinajstić information content (AvgIpc) is 2.41. The van der Waals surface area contributed by atoms with Gasteiger partial charge >= 0.3 is 0 Å². The Morgan fingerprint density at radius 2 is 2.00 bits per heavy atom. The molecule has 3 N–H and O–H groups in total. The lowest BCUT2D eigenvalue weighted by Gasteiger charge is -2.22. The third kappa shape index (κ3) is 4.78. The van der Waals surface area contributed by atoms with E-state index >= 15 is 0 Å². The molecule has 6 heteroatoms. The third-order valence-corrected chi connectivity index (χ3v) is 4.32. The minimum atomic E-state index is -3.25. The number of rotatable bonds is 5. The molecule has 0 heterocycles. The van der Waals surface area contributed by atoms with Crippen LogP contribution in [-0.2, 0) is 14.8 Å². The summed E-state index contributed by atoms with van der Waals surface area (Å²) in [6.07, 6.45) is 5.03. The van der Waals surface area contributed by atoms with Crippen LogP contribution in [0.25, 0.3) is 0 Å². The van der Waals surface area contributed by atoms with Crippen LogP contribution >= 0.6 is 0 Å². The van der Waals surface area contributed by atoms with Gasteiger partial charge in [0.1, 0.15) is 0 Å². The molecule has 1 aliphatic rings. The molecule has 0 radical (unpaired) electrons. The average molecular weight is 250 g/mol. The summed E-state index contributed by atoms with van der Waals surface area (Å²) < 4.78 is 30.8. The Morgan fingerprint density at radius 3 is 2.69 bits per heavy atom. The third-order valence-electron chi connectivity index (χ3n) is 2.96. The lowest BCUT2D eigenvalue weighted by atomic mass is 10.1. The van der Waals surface area contributed by atoms with Crippen molar-refractivity contribution in [3.8, 4) is 0 Å². The second kappa shape index (κ2) is 6.54. The Bertz CT molecular complexity index is 292. The van der Waals surface area contributed by atoms with Crippen molar-refractivity contribution in [3.63, 3.8) is 0 Å². The zero-order chi connectivity index (χ0) is 12.0. The fourth-order valence-corrected chi connectivity index (χ4v) is 3.22. The molecule has 0 aliphatic heterocycles. The minimum absolute atomic E-state index is 0.00667. The van der Waals surface area contributed by atoms with Crippen molar-refractivity contribution in [2.24, 2.45) is 5.73 Å². The fourth-order valence-electron chi connectivity index (χ4n) is 1.97. The molecule has 1 rings (SSSR count). The lowest BCUT2D eigenvalue weighted by molar-refractivity contribution is 0.216. The van der Waals surface area contributed by atoms with Gasteiger partial charge in [-0.15, -0.1) is 0 Å². The molecular weight excluding hydrogens is 228 g/mol. The van der Waals surface area contributed by atoms with Crippen molar-refractivity contribution in [3.05, 3.63) is 0 Å². The maximum absolute atomic E-state index is 11.7. The summed E-state index contributed by atoms with van der Waals surface area (Å²) in [6.45, 7) is 0.220. The summed E-state index contributed by atoms with van der Waals surface area (Å²) in [7, 11) is -1.75. The van der Waals surface area contributed by atoms with Crippen LogP contribution in [0.3, 0.4) is 0 Å². The van der Waals surface area contributed by atoms with E-state index in [0.29, 0.717) is 0 Å². The van der Waals surface area contributed by atoms with Crippen molar-refractivity contribution >= 4 is 10.0 Å². The molecule has 0 aromatic heterocycles. The standard InChI is InChI=1S/C10H22N2O3S/c1-15-7-8-16(13,14)12-10-6-4-2-3-5-9(10)11/h9-10,12H,2-8,11H2,1H3. The SMILES string of the molecule is COCCS(=O)(=O)NC1CCCCCC1N.